The molecule has 44 heavy (non-hydrogen) atoms. The van der Waals surface area contributed by atoms with E-state index in [1.165, 1.54) is 23.3 Å². The van der Waals surface area contributed by atoms with Crippen LogP contribution in [0.25, 0.3) is 11.4 Å². The molecule has 10 heteroatoms. The second kappa shape index (κ2) is 8.35. The minimum Gasteiger partial charge on any atom is -0.245 e. The summed E-state index contributed by atoms with van der Waals surface area (Å²) >= 11 is 0. The summed E-state index contributed by atoms with van der Waals surface area (Å²) in [6, 6.07) is 35.0. The fraction of sp³-hybridized carbons (Fsp3) is 0.118. The van der Waals surface area contributed by atoms with E-state index >= 15 is 0 Å². The van der Waals surface area contributed by atoms with Crippen molar-refractivity contribution >= 4 is 0 Å². The van der Waals surface area contributed by atoms with Gasteiger partial charge in [0.1, 0.15) is 17.1 Å². The largest absolute Gasteiger partial charge is 0.353 e. The molecule has 10 nitrogen and oxygen atoms in total. The van der Waals surface area contributed by atoms with E-state index in [0.717, 1.165) is 4.57 Å². The lowest BCUT2D eigenvalue weighted by Crippen LogP contribution is -2.59. The number of hydrogen-bond acceptors (Lipinski definition) is 4. The van der Waals surface area contributed by atoms with Crippen molar-refractivity contribution in [2.45, 2.75) is 23.2 Å². The number of nitrogens with zero attached hydrogens (tertiary/aromatic N) is 6. The maximum absolute atomic E-state index is 14.8. The van der Waals surface area contributed by atoms with Gasteiger partial charge in [-0.3, -0.25) is 0 Å². The molecule has 0 spiro atoms. The smallest absolute Gasteiger partial charge is 0.245 e. The summed E-state index contributed by atoms with van der Waals surface area (Å²) in [6.45, 7) is 0. The first-order valence-corrected chi connectivity index (χ1v) is 14.4. The zero-order valence-electron chi connectivity index (χ0n) is 23.2. The van der Waals surface area contributed by atoms with Crippen molar-refractivity contribution in [3.8, 4) is 11.4 Å². The topological polar surface area (TPSA) is 97.9 Å². The van der Waals surface area contributed by atoms with E-state index in [1.54, 1.807) is 48.5 Å². The molecule has 9 rings (SSSR count). The number of allylic oxidation sites excluding steroid dienone is 2. The van der Waals surface area contributed by atoms with Crippen molar-refractivity contribution in [3.05, 3.63) is 187 Å². The lowest BCUT2D eigenvalue weighted by atomic mass is 9.67. The minimum atomic E-state index is -1.43. The van der Waals surface area contributed by atoms with Gasteiger partial charge in [-0.15, -0.1) is 0 Å². The summed E-state index contributed by atoms with van der Waals surface area (Å²) in [7, 11) is 0. The molecule has 2 aliphatic heterocycles. The first-order chi connectivity index (χ1) is 21.5. The first kappa shape index (κ1) is 24.7. The molecule has 3 aliphatic rings. The van der Waals surface area contributed by atoms with E-state index in [2.05, 4.69) is 0 Å². The molecule has 1 aliphatic carbocycles. The Labute approximate surface area is 248 Å². The van der Waals surface area contributed by atoms with Crippen LogP contribution in [0.4, 0.5) is 0 Å². The Morgan fingerprint density at radius 2 is 0.909 bits per heavy atom. The van der Waals surface area contributed by atoms with E-state index in [-0.39, 0.29) is 0 Å². The van der Waals surface area contributed by atoms with E-state index in [9.17, 15) is 19.2 Å². The van der Waals surface area contributed by atoms with Gasteiger partial charge in [0.25, 0.3) is 0 Å². The average Bonchev–Trinajstić information content (AvgIpc) is 3.79. The molecule has 0 amide bonds. The van der Waals surface area contributed by atoms with Crippen LogP contribution >= 0.6 is 0 Å². The number of benzene rings is 4. The molecule has 0 fully saturated rings. The Bertz CT molecular complexity index is 2340. The maximum atomic E-state index is 14.8. The normalized spacial score (nSPS) is 21.7. The highest BCUT2D eigenvalue weighted by Crippen LogP contribution is 2.64. The molecular formula is C34H24N6O4. The summed E-state index contributed by atoms with van der Waals surface area (Å²) in [4.78, 5) is 58.0. The van der Waals surface area contributed by atoms with Crippen molar-refractivity contribution in [3.63, 3.8) is 0 Å². The summed E-state index contributed by atoms with van der Waals surface area (Å²) in [5, 5.41) is 0. The van der Waals surface area contributed by atoms with Crippen LogP contribution in [0.15, 0.2) is 153 Å². The van der Waals surface area contributed by atoms with Crippen LogP contribution in [0.2, 0.25) is 0 Å². The lowest BCUT2D eigenvalue weighted by molar-refractivity contribution is 0.199. The maximum Gasteiger partial charge on any atom is 0.353 e. The van der Waals surface area contributed by atoms with Gasteiger partial charge in [0.05, 0.1) is 17.4 Å². The van der Waals surface area contributed by atoms with Gasteiger partial charge >= 0.3 is 22.8 Å². The van der Waals surface area contributed by atoms with Crippen LogP contribution in [0.3, 0.4) is 0 Å². The molecule has 4 heterocycles. The number of aromatic nitrogens is 6. The molecule has 2 bridgehead atoms. The standard InChI is InChI=1S/C34H24N6O4/c41-29-35(25-17-9-3-10-18-25)31(43)39-33-22-21-27(37(29)39)28(33)38-30(42)36(26-19-11-4-12-20-26)32(44)40(38)34(33,23-13-5-1-6-14-23)24-15-7-2-8-16-24/h1-22,27-28H/t27-,28-,33+/m0/s1. The van der Waals surface area contributed by atoms with Crippen molar-refractivity contribution in [2.24, 2.45) is 0 Å². The van der Waals surface area contributed by atoms with Crippen LogP contribution in [-0.4, -0.2) is 27.9 Å². The highest BCUT2D eigenvalue weighted by atomic mass is 16.2. The van der Waals surface area contributed by atoms with Crippen molar-refractivity contribution in [1.82, 2.24) is 27.9 Å². The summed E-state index contributed by atoms with van der Waals surface area (Å²) in [6.07, 6.45) is 3.81. The van der Waals surface area contributed by atoms with Gasteiger partial charge in [-0.05, 0) is 35.4 Å². The van der Waals surface area contributed by atoms with Crippen LogP contribution < -0.4 is 22.8 Å². The van der Waals surface area contributed by atoms with E-state index in [1.807, 2.05) is 84.9 Å². The second-order valence-electron chi connectivity index (χ2n) is 11.3. The minimum absolute atomic E-state index is 0.433. The molecule has 0 N–H and O–H groups in total. The summed E-state index contributed by atoms with van der Waals surface area (Å²) in [5.74, 6) is 0. The molecule has 4 aromatic carbocycles. The molecule has 6 aromatic rings. The molecule has 2 aromatic heterocycles. The van der Waals surface area contributed by atoms with Gasteiger partial charge in [0.2, 0.25) is 0 Å². The zero-order valence-corrected chi connectivity index (χ0v) is 23.2. The summed E-state index contributed by atoms with van der Waals surface area (Å²) in [5.41, 5.74) is -2.66. The number of para-hydroxylation sites is 2. The molecule has 3 atom stereocenters. The van der Waals surface area contributed by atoms with Gasteiger partial charge in [-0.25, -0.2) is 47.0 Å². The van der Waals surface area contributed by atoms with Crippen molar-refractivity contribution < 1.29 is 0 Å². The number of rotatable bonds is 4. The molecular weight excluding hydrogens is 556 g/mol. The predicted octanol–water partition coefficient (Wildman–Crippen LogP) is 2.78. The fourth-order valence-electron chi connectivity index (χ4n) is 8.00. The Morgan fingerprint density at radius 3 is 1.41 bits per heavy atom. The van der Waals surface area contributed by atoms with E-state index < -0.39 is 45.9 Å². The third-order valence-corrected chi connectivity index (χ3v) is 9.48. The monoisotopic (exact) mass is 580 g/mol. The zero-order chi connectivity index (χ0) is 29.8. The summed E-state index contributed by atoms with van der Waals surface area (Å²) < 4.78 is 8.29. The highest BCUT2D eigenvalue weighted by molar-refractivity contribution is 5.52. The molecule has 0 radical (unpaired) electrons. The van der Waals surface area contributed by atoms with Gasteiger partial charge in [0, 0.05) is 0 Å². The average molecular weight is 581 g/mol. The number of fused-ring (bicyclic) bond motifs is 3. The highest BCUT2D eigenvalue weighted by Gasteiger charge is 2.75. The van der Waals surface area contributed by atoms with Gasteiger partial charge in [-0.1, -0.05) is 109 Å². The van der Waals surface area contributed by atoms with Crippen LogP contribution in [-0.2, 0) is 11.1 Å². The number of hydrogen-bond donors (Lipinski definition) is 0. The van der Waals surface area contributed by atoms with Gasteiger partial charge in [-0.2, -0.15) is 0 Å². The third-order valence-electron chi connectivity index (χ3n) is 9.48. The molecule has 0 saturated carbocycles. The second-order valence-corrected chi connectivity index (χ2v) is 11.3. The van der Waals surface area contributed by atoms with E-state index in [4.69, 9.17) is 0 Å². The van der Waals surface area contributed by atoms with Gasteiger partial charge < -0.3 is 0 Å². The van der Waals surface area contributed by atoms with Crippen LogP contribution in [0.5, 0.6) is 0 Å². The van der Waals surface area contributed by atoms with Crippen LogP contribution in [0.1, 0.15) is 23.2 Å². The van der Waals surface area contributed by atoms with Crippen molar-refractivity contribution in [2.75, 3.05) is 0 Å². The Morgan fingerprint density at radius 1 is 0.477 bits per heavy atom. The Kier molecular flexibility index (Phi) is 4.68. The Hall–Kier alpha value is -5.90. The molecule has 0 saturated heterocycles. The van der Waals surface area contributed by atoms with E-state index in [0.29, 0.717) is 22.5 Å². The van der Waals surface area contributed by atoms with Crippen LogP contribution in [0, 0.1) is 0 Å². The fourth-order valence-corrected chi connectivity index (χ4v) is 8.00. The SMILES string of the molecule is O=c1n(-c2ccccc2)c(=O)n2n1[C@H]1[C@@H]3C=C[C@]1(n1c(=O)n(-c4ccccc4)c(=O)n13)C2(c1ccccc1)c1ccccc1. The lowest BCUT2D eigenvalue weighted by Gasteiger charge is -2.43. The van der Waals surface area contributed by atoms with Gasteiger partial charge in [0.15, 0.2) is 0 Å². The third kappa shape index (κ3) is 2.59. The first-order valence-electron chi connectivity index (χ1n) is 14.4. The molecule has 214 valence electrons. The van der Waals surface area contributed by atoms with Crippen molar-refractivity contribution in [1.29, 1.82) is 0 Å². The predicted molar refractivity (Wildman–Crippen MR) is 163 cm³/mol. The molecule has 0 unspecified atom stereocenters. The Balaban J connectivity index is 1.49. The quantitative estimate of drug-likeness (QED) is 0.300.